The number of ether oxygens (including phenoxy) is 2. The Labute approximate surface area is 156 Å². The third kappa shape index (κ3) is 5.61. The van der Waals surface area contributed by atoms with Crippen molar-refractivity contribution < 1.29 is 19.1 Å². The van der Waals surface area contributed by atoms with E-state index in [-0.39, 0.29) is 18.4 Å². The molecule has 1 aromatic carbocycles. The van der Waals surface area contributed by atoms with Crippen molar-refractivity contribution in [1.82, 2.24) is 15.3 Å². The van der Waals surface area contributed by atoms with Crippen molar-refractivity contribution in [2.24, 2.45) is 5.10 Å². The number of aromatic nitrogens is 1. The number of amides is 2. The lowest BCUT2D eigenvalue weighted by Gasteiger charge is -2.26. The van der Waals surface area contributed by atoms with Gasteiger partial charge in [0.15, 0.2) is 6.61 Å². The molecule has 27 heavy (non-hydrogen) atoms. The Kier molecular flexibility index (Phi) is 6.48. The van der Waals surface area contributed by atoms with Crippen LogP contribution in [0.25, 0.3) is 0 Å². The highest BCUT2D eigenvalue weighted by Crippen LogP contribution is 2.11. The van der Waals surface area contributed by atoms with Crippen LogP contribution < -0.4 is 10.2 Å². The maximum absolute atomic E-state index is 12.0. The smallest absolute Gasteiger partial charge is 0.289 e. The van der Waals surface area contributed by atoms with Gasteiger partial charge in [0, 0.05) is 19.3 Å². The van der Waals surface area contributed by atoms with Crippen molar-refractivity contribution in [3.63, 3.8) is 0 Å². The first-order chi connectivity index (χ1) is 13.2. The van der Waals surface area contributed by atoms with Gasteiger partial charge in [0.05, 0.1) is 19.4 Å². The standard InChI is InChI=1S/C19H20N4O4/c24-18(23-9-11-26-12-10-23)14-27-16-6-4-15(5-7-16)13-21-22-19(25)17-3-1-2-8-20-17/h1-8,13H,9-12,14H2,(H,22,25). The Balaban J connectivity index is 1.45. The molecular weight excluding hydrogens is 348 g/mol. The Morgan fingerprint density at radius 1 is 1.19 bits per heavy atom. The fraction of sp³-hybridized carbons (Fsp3) is 0.263. The highest BCUT2D eigenvalue weighted by molar-refractivity contribution is 5.93. The lowest BCUT2D eigenvalue weighted by atomic mass is 10.2. The quantitative estimate of drug-likeness (QED) is 0.608. The Morgan fingerprint density at radius 2 is 1.96 bits per heavy atom. The molecule has 2 aromatic rings. The third-order valence-electron chi connectivity index (χ3n) is 3.88. The van der Waals surface area contributed by atoms with E-state index in [1.54, 1.807) is 53.6 Å². The monoisotopic (exact) mass is 368 g/mol. The zero-order valence-corrected chi connectivity index (χ0v) is 14.7. The Bertz CT molecular complexity index is 787. The van der Waals surface area contributed by atoms with Crippen molar-refractivity contribution in [3.8, 4) is 5.75 Å². The van der Waals surface area contributed by atoms with Crippen molar-refractivity contribution in [2.75, 3.05) is 32.9 Å². The number of benzene rings is 1. The maximum atomic E-state index is 12.0. The minimum atomic E-state index is -0.381. The number of hydrogen-bond donors (Lipinski definition) is 1. The van der Waals surface area contributed by atoms with Crippen LogP contribution in [0.5, 0.6) is 5.75 Å². The van der Waals surface area contributed by atoms with Gasteiger partial charge in [0.25, 0.3) is 11.8 Å². The molecule has 2 amide bonds. The predicted octanol–water partition coefficient (Wildman–Crippen LogP) is 1.08. The SMILES string of the molecule is O=C(NN=Cc1ccc(OCC(=O)N2CCOCC2)cc1)c1ccccn1. The van der Waals surface area contributed by atoms with E-state index in [9.17, 15) is 9.59 Å². The van der Waals surface area contributed by atoms with Crippen molar-refractivity contribution in [3.05, 3.63) is 59.9 Å². The topological polar surface area (TPSA) is 93.1 Å². The van der Waals surface area contributed by atoms with Gasteiger partial charge >= 0.3 is 0 Å². The van der Waals surface area contributed by atoms with Crippen molar-refractivity contribution >= 4 is 18.0 Å². The number of hydrogen-bond acceptors (Lipinski definition) is 6. The van der Waals surface area contributed by atoms with E-state index in [0.717, 1.165) is 5.56 Å². The average Bonchev–Trinajstić information content (AvgIpc) is 2.74. The van der Waals surface area contributed by atoms with E-state index >= 15 is 0 Å². The van der Waals surface area contributed by atoms with Crippen molar-refractivity contribution in [1.29, 1.82) is 0 Å². The van der Waals surface area contributed by atoms with Gasteiger partial charge < -0.3 is 14.4 Å². The summed E-state index contributed by atoms with van der Waals surface area (Å²) in [6.07, 6.45) is 3.06. The molecule has 0 radical (unpaired) electrons. The van der Waals surface area contributed by atoms with E-state index in [1.807, 2.05) is 0 Å². The van der Waals surface area contributed by atoms with Crippen LogP contribution in [0.15, 0.2) is 53.8 Å². The van der Waals surface area contributed by atoms with Gasteiger partial charge in [0.2, 0.25) is 0 Å². The number of nitrogens with zero attached hydrogens (tertiary/aromatic N) is 3. The molecule has 0 atom stereocenters. The summed E-state index contributed by atoms with van der Waals surface area (Å²) < 4.78 is 10.7. The molecule has 0 spiro atoms. The van der Waals surface area contributed by atoms with Crippen LogP contribution in [0.2, 0.25) is 0 Å². The summed E-state index contributed by atoms with van der Waals surface area (Å²) in [7, 11) is 0. The summed E-state index contributed by atoms with van der Waals surface area (Å²) in [6, 6.07) is 12.1. The second kappa shape index (κ2) is 9.44. The Morgan fingerprint density at radius 3 is 2.67 bits per heavy atom. The van der Waals surface area contributed by atoms with Gasteiger partial charge in [-0.1, -0.05) is 6.07 Å². The van der Waals surface area contributed by atoms with E-state index in [0.29, 0.717) is 37.7 Å². The second-order valence-corrected chi connectivity index (χ2v) is 5.76. The minimum Gasteiger partial charge on any atom is -0.484 e. The zero-order chi connectivity index (χ0) is 18.9. The normalized spacial score (nSPS) is 14.1. The lowest BCUT2D eigenvalue weighted by Crippen LogP contribution is -2.42. The number of hydrazone groups is 1. The van der Waals surface area contributed by atoms with Crippen LogP contribution >= 0.6 is 0 Å². The predicted molar refractivity (Wildman–Crippen MR) is 98.6 cm³/mol. The second-order valence-electron chi connectivity index (χ2n) is 5.76. The summed E-state index contributed by atoms with van der Waals surface area (Å²) in [5, 5.41) is 3.90. The molecule has 0 unspecified atom stereocenters. The average molecular weight is 368 g/mol. The summed E-state index contributed by atoms with van der Waals surface area (Å²) in [5.41, 5.74) is 3.49. The molecule has 8 heteroatoms. The Hall–Kier alpha value is -3.26. The van der Waals surface area contributed by atoms with E-state index < -0.39 is 0 Å². The molecule has 8 nitrogen and oxygen atoms in total. The van der Waals surface area contributed by atoms with Gasteiger partial charge in [-0.2, -0.15) is 5.10 Å². The number of carbonyl (C=O) groups is 2. The van der Waals surface area contributed by atoms with Crippen LogP contribution in [0.4, 0.5) is 0 Å². The molecule has 0 aliphatic carbocycles. The molecule has 2 heterocycles. The lowest BCUT2D eigenvalue weighted by molar-refractivity contribution is -0.137. The van der Waals surface area contributed by atoms with Crippen LogP contribution in [0, 0.1) is 0 Å². The highest BCUT2D eigenvalue weighted by atomic mass is 16.5. The zero-order valence-electron chi connectivity index (χ0n) is 14.7. The maximum Gasteiger partial charge on any atom is 0.289 e. The molecule has 1 aromatic heterocycles. The van der Waals surface area contributed by atoms with Gasteiger partial charge in [-0.3, -0.25) is 14.6 Å². The number of carbonyl (C=O) groups excluding carboxylic acids is 2. The van der Waals surface area contributed by atoms with E-state index in [4.69, 9.17) is 9.47 Å². The molecule has 0 bridgehead atoms. The van der Waals surface area contributed by atoms with Gasteiger partial charge in [-0.15, -0.1) is 0 Å². The van der Waals surface area contributed by atoms with Gasteiger partial charge in [-0.05, 0) is 42.0 Å². The van der Waals surface area contributed by atoms with Crippen LogP contribution in [-0.2, 0) is 9.53 Å². The molecule has 1 aliphatic heterocycles. The number of pyridine rings is 1. The molecule has 3 rings (SSSR count). The van der Waals surface area contributed by atoms with E-state index in [1.165, 1.54) is 6.21 Å². The third-order valence-corrected chi connectivity index (χ3v) is 3.88. The van der Waals surface area contributed by atoms with Crippen LogP contribution in [0.1, 0.15) is 16.1 Å². The van der Waals surface area contributed by atoms with Crippen molar-refractivity contribution in [2.45, 2.75) is 0 Å². The first-order valence-electron chi connectivity index (χ1n) is 8.55. The molecule has 1 N–H and O–H groups in total. The van der Waals surface area contributed by atoms with Crippen LogP contribution in [-0.4, -0.2) is 60.8 Å². The first-order valence-corrected chi connectivity index (χ1v) is 8.55. The van der Waals surface area contributed by atoms with Crippen LogP contribution in [0.3, 0.4) is 0 Å². The molecule has 1 saturated heterocycles. The highest BCUT2D eigenvalue weighted by Gasteiger charge is 2.17. The fourth-order valence-corrected chi connectivity index (χ4v) is 2.42. The number of rotatable bonds is 6. The molecule has 0 saturated carbocycles. The largest absolute Gasteiger partial charge is 0.484 e. The number of nitrogens with one attached hydrogen (secondary N) is 1. The molecule has 140 valence electrons. The minimum absolute atomic E-state index is 0.00638. The van der Waals surface area contributed by atoms with Gasteiger partial charge in [0.1, 0.15) is 11.4 Å². The van der Waals surface area contributed by atoms with Gasteiger partial charge in [-0.25, -0.2) is 5.43 Å². The fourth-order valence-electron chi connectivity index (χ4n) is 2.42. The van der Waals surface area contributed by atoms with E-state index in [2.05, 4.69) is 15.5 Å². The summed E-state index contributed by atoms with van der Waals surface area (Å²) in [5.74, 6) is 0.154. The summed E-state index contributed by atoms with van der Waals surface area (Å²) >= 11 is 0. The first kappa shape index (κ1) is 18.5. The number of morpholine rings is 1. The summed E-state index contributed by atoms with van der Waals surface area (Å²) in [4.78, 5) is 29.5. The summed E-state index contributed by atoms with van der Waals surface area (Å²) in [6.45, 7) is 2.32. The molecular formula is C19H20N4O4. The molecule has 1 aliphatic rings. The molecule has 1 fully saturated rings.